The van der Waals surface area contributed by atoms with Gasteiger partial charge in [0, 0.05) is 40.8 Å². The van der Waals surface area contributed by atoms with Crippen LogP contribution in [0, 0.1) is 10.8 Å². The first-order chi connectivity index (χ1) is 44.9. The van der Waals surface area contributed by atoms with Crippen molar-refractivity contribution < 1.29 is 40.8 Å². The molecule has 0 nitrogen and oxygen atoms in total. The van der Waals surface area contributed by atoms with E-state index in [0.717, 1.165) is 0 Å². The van der Waals surface area contributed by atoms with Gasteiger partial charge >= 0.3 is 0 Å². The second-order valence-corrected chi connectivity index (χ2v) is 54.3. The van der Waals surface area contributed by atoms with Crippen molar-refractivity contribution in [1.82, 2.24) is 0 Å². The van der Waals surface area contributed by atoms with E-state index >= 15 is 0 Å². The van der Waals surface area contributed by atoms with Crippen molar-refractivity contribution in [2.45, 2.75) is 13.8 Å². The third kappa shape index (κ3) is 22.2. The van der Waals surface area contributed by atoms with Gasteiger partial charge in [0.05, 0.1) is 159 Å². The Kier molecular flexibility index (Phi) is 30.4. The minimum Gasteiger partial charge on any atom is -0.0620 e. The van der Waals surface area contributed by atoms with Crippen LogP contribution >= 0.6 is 71.4 Å². The smallest absolute Gasteiger partial charge is 0.0620 e. The summed E-state index contributed by atoms with van der Waals surface area (Å²) in [6, 6.07) is 136. The van der Waals surface area contributed by atoms with Gasteiger partial charge in [0.15, 0.2) is 0 Å². The van der Waals surface area contributed by atoms with E-state index in [1.165, 1.54) is 124 Å². The van der Waals surface area contributed by atoms with Gasteiger partial charge < -0.3 is 0 Å². The Hall–Kier alpha value is -4.17. The van der Waals surface area contributed by atoms with E-state index in [1.807, 2.05) is 0 Å². The van der Waals surface area contributed by atoms with E-state index in [2.05, 4.69) is 378 Å². The number of rotatable bonds is 24. The Labute approximate surface area is 596 Å². The van der Waals surface area contributed by atoms with Crippen molar-refractivity contribution in [3.8, 4) is 0 Å². The molecule has 0 atom stereocenters. The summed E-state index contributed by atoms with van der Waals surface area (Å²) >= 11 is 0. The molecule has 474 valence electrons. The van der Waals surface area contributed by atoms with Crippen molar-refractivity contribution in [3.63, 3.8) is 0 Å². The zero-order valence-corrected chi connectivity index (χ0v) is 65.8. The molecule has 0 unspecified atom stereocenters. The van der Waals surface area contributed by atoms with Crippen molar-refractivity contribution in [2.24, 2.45) is 10.8 Å². The predicted octanol–water partition coefficient (Wildman–Crippen LogP) is 16.1. The minimum atomic E-state index is -1.04. The van der Waals surface area contributed by atoms with Gasteiger partial charge in [-0.3, -0.25) is 0 Å². The molecule has 1 fully saturated rings. The summed E-state index contributed by atoms with van der Waals surface area (Å²) in [5.74, 6) is 0. The van der Waals surface area contributed by atoms with Gasteiger partial charge in [-0.2, -0.15) is 0 Å². The van der Waals surface area contributed by atoms with Crippen molar-refractivity contribution in [3.05, 3.63) is 364 Å². The van der Waals surface area contributed by atoms with Crippen LogP contribution in [0.2, 0.25) is 0 Å². The third-order valence-electron chi connectivity index (χ3n) is 17.3. The fourth-order valence-electron chi connectivity index (χ4n) is 12.8. The van der Waals surface area contributed by atoms with Crippen LogP contribution < -0.4 is 63.7 Å². The maximum Gasteiger partial charge on any atom is 0.290 e. The summed E-state index contributed by atoms with van der Waals surface area (Å²) in [7, 11) is -2.74. The summed E-state index contributed by atoms with van der Waals surface area (Å²) in [4.78, 5) is 0. The van der Waals surface area contributed by atoms with Crippen molar-refractivity contribution >= 4 is 135 Å². The molecular formula is C82H90P9Pd2+9. The van der Waals surface area contributed by atoms with Crippen molar-refractivity contribution in [1.29, 1.82) is 0 Å². The first-order valence-electron chi connectivity index (χ1n) is 32.2. The van der Waals surface area contributed by atoms with Crippen LogP contribution in [0.15, 0.2) is 364 Å². The summed E-state index contributed by atoms with van der Waals surface area (Å²) < 4.78 is 0. The molecule has 0 bridgehead atoms. The van der Waals surface area contributed by atoms with Crippen LogP contribution in [0.25, 0.3) is 0 Å². The van der Waals surface area contributed by atoms with Crippen molar-refractivity contribution in [2.75, 3.05) is 37.0 Å². The average molecular weight is 1570 g/mol. The number of benzene rings is 12. The van der Waals surface area contributed by atoms with E-state index in [-0.39, 0.29) is 51.7 Å². The second kappa shape index (κ2) is 38.7. The molecule has 1 heterocycles. The largest absolute Gasteiger partial charge is 0.290 e. The molecule has 1 saturated heterocycles. The fraction of sp³-hybridized carbons (Fsp3) is 0.122. The first kappa shape index (κ1) is 73.1. The maximum atomic E-state index is 2.64. The van der Waals surface area contributed by atoms with E-state index in [0.29, 0.717) is 0 Å². The second-order valence-electron chi connectivity index (χ2n) is 24.5. The van der Waals surface area contributed by atoms with E-state index < -0.39 is 47.5 Å². The zero-order valence-electron chi connectivity index (χ0n) is 53.2. The molecule has 11 heteroatoms. The maximum absolute atomic E-state index is 2.64. The molecule has 1 aliphatic rings. The molecule has 1 aliphatic heterocycles. The Bertz CT molecular complexity index is 3040. The van der Waals surface area contributed by atoms with E-state index in [4.69, 9.17) is 0 Å². The summed E-state index contributed by atoms with van der Waals surface area (Å²) in [6.07, 6.45) is 7.21. The topological polar surface area (TPSA) is 0 Å². The Morgan fingerprint density at radius 3 is 0.333 bits per heavy atom. The molecule has 0 amide bonds. The van der Waals surface area contributed by atoms with Crippen LogP contribution in [-0.4, -0.2) is 37.0 Å². The number of hydrogen-bond donors (Lipinski definition) is 0. The molecular weight excluding hydrogens is 1480 g/mol. The molecule has 0 N–H and O–H groups in total. The predicted molar refractivity (Wildman–Crippen MR) is 437 cm³/mol. The molecule has 93 heavy (non-hydrogen) atoms. The SMILES string of the molecule is CC(C[PH+](c1ccccc1)c1ccccc1)(C[PH+](c1ccccc1)c1ccccc1)C[PH+](c1ccccc1)c1ccccc1.CC(C[PH+](c1ccccc1)c1ccccc1)(C[PH+](c1ccccc1)c1ccccc1)C[PH+](c1ccccc1)c1ccccc1.[PH2+]1[PH2+][PH2+]1.[Pd].[Pd]. The van der Waals surface area contributed by atoms with E-state index in [9.17, 15) is 0 Å². The van der Waals surface area contributed by atoms with Crippen LogP contribution in [-0.2, 0) is 40.8 Å². The fourth-order valence-corrected chi connectivity index (χ4v) is 32.5. The standard InChI is InChI=1S/2C41H39P3.H6P3.2Pd/c2*1-41(32-42(35-20-8-2-9-21-35)36-22-10-3-11-23-36,33-43(37-24-12-4-13-25-37)38-26-14-5-15-27-38)34-44(39-28-16-6-17-29-39)40-30-18-7-19-31-40;1-2-3-1;;/h2*2-31H,32-34H2,1H3;1-3H2;;/q;;+3;;/p+6. The molecule has 0 saturated carbocycles. The zero-order chi connectivity index (χ0) is 62.2. The minimum absolute atomic E-state index is 0. The Balaban J connectivity index is 0.000000205. The monoisotopic (exact) mass is 1570 g/mol. The quantitative estimate of drug-likeness (QED) is 0.0418. The Morgan fingerprint density at radius 1 is 0.172 bits per heavy atom. The molecule has 0 aromatic heterocycles. The van der Waals surface area contributed by atoms with Gasteiger partial charge in [-0.1, -0.05) is 218 Å². The van der Waals surface area contributed by atoms with Gasteiger partial charge in [0.2, 0.25) is 0 Å². The average Bonchev–Trinajstić information content (AvgIpc) is 2.21. The summed E-state index contributed by atoms with van der Waals surface area (Å²) in [6.45, 7) is 5.27. The third-order valence-corrected chi connectivity index (χ3v) is 41.9. The Morgan fingerprint density at radius 2 is 0.258 bits per heavy atom. The van der Waals surface area contributed by atoms with Gasteiger partial charge in [-0.25, -0.2) is 0 Å². The van der Waals surface area contributed by atoms with Gasteiger partial charge in [0.1, 0.15) is 0 Å². The molecule has 12 aromatic rings. The van der Waals surface area contributed by atoms with Crippen LogP contribution in [0.5, 0.6) is 0 Å². The first-order valence-corrected chi connectivity index (χ1v) is 50.4. The normalized spacial score (nSPS) is 12.6. The molecule has 0 spiro atoms. The molecule has 0 aliphatic carbocycles. The van der Waals surface area contributed by atoms with Gasteiger partial charge in [0.25, 0.3) is 23.9 Å². The van der Waals surface area contributed by atoms with Crippen LogP contribution in [0.1, 0.15) is 13.8 Å². The molecule has 0 radical (unpaired) electrons. The van der Waals surface area contributed by atoms with Crippen LogP contribution in [0.3, 0.4) is 0 Å². The van der Waals surface area contributed by atoms with Gasteiger partial charge in [-0.05, 0) is 159 Å². The van der Waals surface area contributed by atoms with Crippen LogP contribution in [0.4, 0.5) is 0 Å². The molecule has 13 rings (SSSR count). The molecule has 12 aromatic carbocycles. The summed E-state index contributed by atoms with van der Waals surface area (Å²) in [5.41, 5.74) is 0.250. The van der Waals surface area contributed by atoms with E-state index in [1.54, 1.807) is 0 Å². The van der Waals surface area contributed by atoms with Gasteiger partial charge in [-0.15, -0.1) is 0 Å². The summed E-state index contributed by atoms with van der Waals surface area (Å²) in [5, 5.41) is 18.1. The number of hydrogen-bond acceptors (Lipinski definition) is 0.